The van der Waals surface area contributed by atoms with Crippen molar-refractivity contribution in [1.29, 1.82) is 0 Å². The maximum absolute atomic E-state index is 11.5. The van der Waals surface area contributed by atoms with Crippen molar-refractivity contribution in [2.24, 2.45) is 11.1 Å². The van der Waals surface area contributed by atoms with Gasteiger partial charge in [-0.15, -0.1) is 0 Å². The highest BCUT2D eigenvalue weighted by atomic mass is 16.5. The number of anilines is 1. The second-order valence-corrected chi connectivity index (χ2v) is 14.2. The molecular formula is C38H48N4O2. The van der Waals surface area contributed by atoms with E-state index in [2.05, 4.69) is 83.1 Å². The van der Waals surface area contributed by atoms with Crippen LogP contribution in [0.5, 0.6) is 5.75 Å². The van der Waals surface area contributed by atoms with E-state index in [1.165, 1.54) is 48.1 Å². The summed E-state index contributed by atoms with van der Waals surface area (Å²) in [5.74, 6) is 1.77. The van der Waals surface area contributed by atoms with Gasteiger partial charge >= 0.3 is 0 Å². The zero-order chi connectivity index (χ0) is 30.4. The van der Waals surface area contributed by atoms with Gasteiger partial charge in [-0.1, -0.05) is 44.2 Å². The molecule has 6 heteroatoms. The average molecular weight is 593 g/mol. The van der Waals surface area contributed by atoms with E-state index in [9.17, 15) is 4.79 Å². The fourth-order valence-electron chi connectivity index (χ4n) is 8.73. The number of nitrogens with two attached hydrogens (primary N) is 1. The minimum absolute atomic E-state index is 0.362. The third-order valence-electron chi connectivity index (χ3n) is 11.4. The molecular weight excluding hydrogens is 544 g/mol. The Bertz CT molecular complexity index is 1480. The van der Waals surface area contributed by atoms with Gasteiger partial charge in [0.05, 0.1) is 7.11 Å². The van der Waals surface area contributed by atoms with Crippen molar-refractivity contribution in [3.63, 3.8) is 0 Å². The maximum Gasteiger partial charge on any atom is 0.248 e. The van der Waals surface area contributed by atoms with Crippen molar-refractivity contribution in [2.45, 2.75) is 69.9 Å². The van der Waals surface area contributed by atoms with Gasteiger partial charge in [-0.25, -0.2) is 0 Å². The van der Waals surface area contributed by atoms with Crippen LogP contribution in [0.1, 0.15) is 90.0 Å². The van der Waals surface area contributed by atoms with Gasteiger partial charge in [0.15, 0.2) is 0 Å². The first-order valence-electron chi connectivity index (χ1n) is 16.7. The van der Waals surface area contributed by atoms with Crippen molar-refractivity contribution in [2.75, 3.05) is 51.3 Å². The minimum Gasteiger partial charge on any atom is -0.497 e. The summed E-state index contributed by atoms with van der Waals surface area (Å²) in [7, 11) is 1.76. The summed E-state index contributed by atoms with van der Waals surface area (Å²) in [6.45, 7) is 11.4. The Morgan fingerprint density at radius 3 is 2.39 bits per heavy atom. The molecule has 1 saturated carbocycles. The Balaban J connectivity index is 1.02. The van der Waals surface area contributed by atoms with E-state index in [-0.39, 0.29) is 5.91 Å². The van der Waals surface area contributed by atoms with Crippen molar-refractivity contribution in [3.05, 3.63) is 94.5 Å². The molecule has 1 amide bonds. The van der Waals surface area contributed by atoms with Gasteiger partial charge in [0, 0.05) is 68.5 Å². The molecule has 0 bridgehead atoms. The molecule has 2 aliphatic carbocycles. The summed E-state index contributed by atoms with van der Waals surface area (Å²) in [6, 6.07) is 24.8. The second kappa shape index (κ2) is 11.9. The highest BCUT2D eigenvalue weighted by Gasteiger charge is 2.50. The van der Waals surface area contributed by atoms with Gasteiger partial charge in [-0.05, 0) is 102 Å². The number of hydrogen-bond donors (Lipinski definition) is 1. The van der Waals surface area contributed by atoms with Gasteiger partial charge in [0.25, 0.3) is 0 Å². The lowest BCUT2D eigenvalue weighted by Crippen LogP contribution is -2.60. The Labute approximate surface area is 263 Å². The number of fused-ring (bicyclic) bond motifs is 1. The predicted octanol–water partition coefficient (Wildman–Crippen LogP) is 6.37. The number of carbonyl (C=O) groups is 1. The molecule has 1 unspecified atom stereocenters. The van der Waals surface area contributed by atoms with Crippen LogP contribution < -0.4 is 15.4 Å². The molecule has 2 saturated heterocycles. The lowest BCUT2D eigenvalue weighted by molar-refractivity contribution is -0.0625. The topological polar surface area (TPSA) is 62.0 Å². The first-order chi connectivity index (χ1) is 21.3. The number of piperazine rings is 1. The van der Waals surface area contributed by atoms with Crippen LogP contribution in [0.25, 0.3) is 0 Å². The van der Waals surface area contributed by atoms with Gasteiger partial charge in [0.2, 0.25) is 5.91 Å². The zero-order valence-corrected chi connectivity index (χ0v) is 26.7. The summed E-state index contributed by atoms with van der Waals surface area (Å²) in [4.78, 5) is 19.6. The number of hydrogen-bond acceptors (Lipinski definition) is 5. The Hall–Kier alpha value is -3.35. The van der Waals surface area contributed by atoms with Crippen LogP contribution in [-0.2, 0) is 6.42 Å². The van der Waals surface area contributed by atoms with E-state index in [0.29, 0.717) is 34.9 Å². The van der Waals surface area contributed by atoms with E-state index < -0.39 is 0 Å². The van der Waals surface area contributed by atoms with Gasteiger partial charge < -0.3 is 15.4 Å². The van der Waals surface area contributed by atoms with Crippen LogP contribution >= 0.6 is 0 Å². The largest absolute Gasteiger partial charge is 0.497 e. The molecule has 7 rings (SSSR count). The number of methoxy groups -OCH3 is 1. The molecule has 2 atom stereocenters. The quantitative estimate of drug-likeness (QED) is 0.330. The smallest absolute Gasteiger partial charge is 0.248 e. The van der Waals surface area contributed by atoms with Gasteiger partial charge in [0.1, 0.15) is 5.75 Å². The van der Waals surface area contributed by atoms with Crippen molar-refractivity contribution in [1.82, 2.24) is 9.80 Å². The van der Waals surface area contributed by atoms with Gasteiger partial charge in [-0.3, -0.25) is 14.6 Å². The molecule has 0 radical (unpaired) electrons. The number of primary amides is 1. The Kier molecular flexibility index (Phi) is 7.92. The van der Waals surface area contributed by atoms with E-state index in [1.807, 2.05) is 12.1 Å². The van der Waals surface area contributed by atoms with Crippen LogP contribution in [-0.4, -0.2) is 68.1 Å². The number of benzene rings is 3. The molecule has 232 valence electrons. The molecule has 3 aromatic rings. The first kappa shape index (κ1) is 29.4. The number of piperidine rings is 1. The average Bonchev–Trinajstić information content (AvgIpc) is 3.02. The number of ether oxygens (including phenoxy) is 1. The Morgan fingerprint density at radius 2 is 1.70 bits per heavy atom. The molecule has 0 aromatic heterocycles. The third-order valence-corrected chi connectivity index (χ3v) is 11.4. The fourth-order valence-corrected chi connectivity index (χ4v) is 8.73. The van der Waals surface area contributed by atoms with Crippen molar-refractivity contribution in [3.8, 4) is 5.75 Å². The third kappa shape index (κ3) is 5.52. The lowest BCUT2D eigenvalue weighted by atomic mass is 9.59. The van der Waals surface area contributed by atoms with Crippen LogP contribution in [0.15, 0.2) is 66.7 Å². The first-order valence-corrected chi connectivity index (χ1v) is 16.7. The summed E-state index contributed by atoms with van der Waals surface area (Å²) >= 11 is 0. The molecule has 2 heterocycles. The lowest BCUT2D eigenvalue weighted by Gasteiger charge is -2.58. The van der Waals surface area contributed by atoms with Crippen LogP contribution in [0.4, 0.5) is 5.69 Å². The second-order valence-electron chi connectivity index (χ2n) is 14.2. The van der Waals surface area contributed by atoms with E-state index in [4.69, 9.17) is 10.5 Å². The zero-order valence-electron chi connectivity index (χ0n) is 26.7. The number of nitrogens with zero attached hydrogens (tertiary/aromatic N) is 3. The van der Waals surface area contributed by atoms with Gasteiger partial charge in [-0.2, -0.15) is 0 Å². The van der Waals surface area contributed by atoms with E-state index in [1.54, 1.807) is 12.7 Å². The number of carbonyl (C=O) groups excluding carboxylic acids is 1. The normalized spacial score (nSPS) is 23.7. The molecule has 3 fully saturated rings. The SMILES string of the molecule is COc1ccc2c(c1)CC2CN1CCN(C2CC3(CCN(c4ccc(C(N)=O)cc4)CC3)C2)[C@H](c2ccccc2C(C)C)C1. The maximum atomic E-state index is 11.5. The highest BCUT2D eigenvalue weighted by molar-refractivity contribution is 5.93. The van der Waals surface area contributed by atoms with Crippen LogP contribution in [0, 0.1) is 5.41 Å². The monoisotopic (exact) mass is 592 g/mol. The molecule has 2 N–H and O–H groups in total. The molecule has 2 aliphatic heterocycles. The molecule has 44 heavy (non-hydrogen) atoms. The number of amides is 1. The molecule has 6 nitrogen and oxygen atoms in total. The van der Waals surface area contributed by atoms with E-state index >= 15 is 0 Å². The molecule has 4 aliphatic rings. The summed E-state index contributed by atoms with van der Waals surface area (Å²) in [6.07, 6.45) is 6.30. The van der Waals surface area contributed by atoms with Crippen molar-refractivity contribution >= 4 is 11.6 Å². The minimum atomic E-state index is -0.362. The van der Waals surface area contributed by atoms with Crippen molar-refractivity contribution < 1.29 is 9.53 Å². The van der Waals surface area contributed by atoms with Crippen LogP contribution in [0.3, 0.4) is 0 Å². The molecule has 3 aromatic carbocycles. The van der Waals surface area contributed by atoms with Crippen LogP contribution in [0.2, 0.25) is 0 Å². The highest BCUT2D eigenvalue weighted by Crippen LogP contribution is 2.53. The summed E-state index contributed by atoms with van der Waals surface area (Å²) in [5, 5.41) is 0. The fraction of sp³-hybridized carbons (Fsp3) is 0.500. The summed E-state index contributed by atoms with van der Waals surface area (Å²) < 4.78 is 5.46. The number of rotatable bonds is 8. The summed E-state index contributed by atoms with van der Waals surface area (Å²) in [5.41, 5.74) is 13.7. The standard InChI is InChI=1S/C38H48N4O2/c1-26(2)33-6-4-5-7-35(33)36-25-40(24-29-20-28-21-32(44-3)12-13-34(28)29)18-19-42(36)31-22-38(23-31)14-16-41(17-15-38)30-10-8-27(9-11-30)37(39)43/h4-13,21,26,29,31,36H,14-20,22-25H2,1-3H3,(H2,39,43)/t29?,36-/m0/s1. The molecule has 1 spiro atoms. The predicted molar refractivity (Wildman–Crippen MR) is 178 cm³/mol. The Morgan fingerprint density at radius 1 is 0.955 bits per heavy atom. The van der Waals surface area contributed by atoms with E-state index in [0.717, 1.165) is 51.4 Å².